The molecule has 0 aliphatic heterocycles. The van der Waals surface area contributed by atoms with Gasteiger partial charge >= 0.3 is 0 Å². The fourth-order valence-corrected chi connectivity index (χ4v) is 5.28. The number of carbonyl (C=O) groups is 1. The molecule has 1 fully saturated rings. The summed E-state index contributed by atoms with van der Waals surface area (Å²) >= 11 is 2.11. The van der Waals surface area contributed by atoms with Gasteiger partial charge in [-0.15, -0.1) is 0 Å². The van der Waals surface area contributed by atoms with Crippen LogP contribution in [-0.4, -0.2) is 27.5 Å². The lowest BCUT2D eigenvalue weighted by Crippen LogP contribution is -2.36. The summed E-state index contributed by atoms with van der Waals surface area (Å²) < 4.78 is 33.9. The van der Waals surface area contributed by atoms with Gasteiger partial charge in [0.15, 0.2) is 0 Å². The maximum Gasteiger partial charge on any atom is 0.255 e. The first-order valence-electron chi connectivity index (χ1n) is 9.16. The van der Waals surface area contributed by atoms with Gasteiger partial charge in [0.25, 0.3) is 5.91 Å². The van der Waals surface area contributed by atoms with Crippen LogP contribution < -0.4 is 14.8 Å². The minimum Gasteiger partial charge on any atom is -0.496 e. The summed E-state index contributed by atoms with van der Waals surface area (Å²) in [6.45, 7) is 0. The van der Waals surface area contributed by atoms with Gasteiger partial charge in [0, 0.05) is 17.3 Å². The number of amides is 1. The largest absolute Gasteiger partial charge is 0.496 e. The summed E-state index contributed by atoms with van der Waals surface area (Å²) in [5.41, 5.74) is 1.04. The normalized spacial score (nSPS) is 15.2. The van der Waals surface area contributed by atoms with E-state index in [1.54, 1.807) is 37.4 Å². The Morgan fingerprint density at radius 2 is 1.75 bits per heavy atom. The summed E-state index contributed by atoms with van der Waals surface area (Å²) in [6.07, 6.45) is 5.05. The van der Waals surface area contributed by atoms with Crippen molar-refractivity contribution in [1.29, 1.82) is 0 Å². The smallest absolute Gasteiger partial charge is 0.255 e. The van der Waals surface area contributed by atoms with E-state index in [-0.39, 0.29) is 16.8 Å². The molecule has 0 spiro atoms. The van der Waals surface area contributed by atoms with E-state index < -0.39 is 10.0 Å². The predicted molar refractivity (Wildman–Crippen MR) is 117 cm³/mol. The van der Waals surface area contributed by atoms with Gasteiger partial charge in [-0.25, -0.2) is 13.1 Å². The number of hydrogen-bond acceptors (Lipinski definition) is 4. The molecule has 1 saturated carbocycles. The zero-order valence-electron chi connectivity index (χ0n) is 15.6. The molecule has 2 N–H and O–H groups in total. The highest BCUT2D eigenvalue weighted by molar-refractivity contribution is 14.1. The number of hydrogen-bond donors (Lipinski definition) is 2. The number of carbonyl (C=O) groups excluding carboxylic acids is 1. The third kappa shape index (κ3) is 5.24. The van der Waals surface area contributed by atoms with E-state index in [0.29, 0.717) is 17.0 Å². The van der Waals surface area contributed by atoms with E-state index in [0.717, 1.165) is 29.3 Å². The summed E-state index contributed by atoms with van der Waals surface area (Å²) in [4.78, 5) is 12.6. The van der Waals surface area contributed by atoms with Gasteiger partial charge in [-0.3, -0.25) is 4.79 Å². The van der Waals surface area contributed by atoms with Gasteiger partial charge < -0.3 is 10.1 Å². The Kier molecular flexibility index (Phi) is 6.95. The Morgan fingerprint density at radius 3 is 2.36 bits per heavy atom. The van der Waals surface area contributed by atoms with Crippen molar-refractivity contribution in [1.82, 2.24) is 4.72 Å². The molecular formula is C20H23IN2O4S. The van der Waals surface area contributed by atoms with Crippen molar-refractivity contribution in [3.05, 3.63) is 51.6 Å². The van der Waals surface area contributed by atoms with Crippen molar-refractivity contribution < 1.29 is 17.9 Å². The van der Waals surface area contributed by atoms with Crippen LogP contribution in [0.3, 0.4) is 0 Å². The number of methoxy groups -OCH3 is 1. The third-order valence-electron chi connectivity index (χ3n) is 4.76. The van der Waals surface area contributed by atoms with Gasteiger partial charge in [-0.2, -0.15) is 0 Å². The quantitative estimate of drug-likeness (QED) is 0.568. The predicted octanol–water partition coefficient (Wildman–Crippen LogP) is 4.16. The monoisotopic (exact) mass is 514 g/mol. The first-order chi connectivity index (χ1) is 13.4. The first-order valence-corrected chi connectivity index (χ1v) is 11.7. The molecule has 6 nitrogen and oxygen atoms in total. The van der Waals surface area contributed by atoms with E-state index in [1.807, 2.05) is 0 Å². The van der Waals surface area contributed by atoms with Gasteiger partial charge in [0.05, 0.1) is 15.6 Å². The lowest BCUT2D eigenvalue weighted by molar-refractivity contribution is 0.102. The molecule has 0 bridgehead atoms. The zero-order chi connectivity index (χ0) is 20.1. The van der Waals surface area contributed by atoms with Crippen LogP contribution in [0.1, 0.15) is 42.5 Å². The molecule has 1 aliphatic rings. The number of sulfonamides is 1. The number of nitrogens with one attached hydrogen (secondary N) is 2. The number of ether oxygens (including phenoxy) is 1. The Bertz CT molecular complexity index is 939. The van der Waals surface area contributed by atoms with E-state index in [9.17, 15) is 13.2 Å². The highest BCUT2D eigenvalue weighted by Gasteiger charge is 2.21. The summed E-state index contributed by atoms with van der Waals surface area (Å²) in [6, 6.07) is 11.4. The molecule has 0 heterocycles. The molecule has 8 heteroatoms. The van der Waals surface area contributed by atoms with E-state index in [1.165, 1.54) is 18.6 Å². The van der Waals surface area contributed by atoms with Crippen LogP contribution in [0.25, 0.3) is 0 Å². The number of anilines is 1. The Morgan fingerprint density at radius 1 is 1.07 bits per heavy atom. The molecule has 28 heavy (non-hydrogen) atoms. The Balaban J connectivity index is 1.66. The van der Waals surface area contributed by atoms with Crippen molar-refractivity contribution in [2.75, 3.05) is 12.4 Å². The van der Waals surface area contributed by atoms with Crippen LogP contribution in [0.2, 0.25) is 0 Å². The number of benzene rings is 2. The van der Waals surface area contributed by atoms with Crippen molar-refractivity contribution >= 4 is 44.2 Å². The van der Waals surface area contributed by atoms with Crippen LogP contribution in [0.5, 0.6) is 5.75 Å². The van der Waals surface area contributed by atoms with Crippen LogP contribution in [-0.2, 0) is 10.0 Å². The van der Waals surface area contributed by atoms with Crippen molar-refractivity contribution in [2.24, 2.45) is 0 Å². The molecule has 0 saturated heterocycles. The minimum atomic E-state index is -3.55. The molecular weight excluding hydrogens is 491 g/mol. The van der Waals surface area contributed by atoms with Crippen LogP contribution >= 0.6 is 22.6 Å². The first kappa shape index (κ1) is 21.1. The van der Waals surface area contributed by atoms with Crippen LogP contribution in [0.15, 0.2) is 47.4 Å². The van der Waals surface area contributed by atoms with E-state index >= 15 is 0 Å². The molecule has 0 unspecified atom stereocenters. The van der Waals surface area contributed by atoms with Gasteiger partial charge in [-0.1, -0.05) is 19.3 Å². The second-order valence-corrected chi connectivity index (χ2v) is 9.66. The Hall–Kier alpha value is -1.65. The summed E-state index contributed by atoms with van der Waals surface area (Å²) in [7, 11) is -1.97. The highest BCUT2D eigenvalue weighted by Crippen LogP contribution is 2.23. The van der Waals surface area contributed by atoms with Crippen molar-refractivity contribution in [2.45, 2.75) is 43.0 Å². The maximum absolute atomic E-state index is 12.5. The minimum absolute atomic E-state index is 0.00988. The summed E-state index contributed by atoms with van der Waals surface area (Å²) in [5.74, 6) is 0.439. The van der Waals surface area contributed by atoms with Crippen LogP contribution in [0.4, 0.5) is 5.69 Å². The molecule has 0 radical (unpaired) electrons. The lowest BCUT2D eigenvalue weighted by Gasteiger charge is -2.22. The van der Waals surface area contributed by atoms with Crippen molar-refractivity contribution in [3.63, 3.8) is 0 Å². The van der Waals surface area contributed by atoms with Crippen molar-refractivity contribution in [3.8, 4) is 5.75 Å². The molecule has 1 aliphatic carbocycles. The highest BCUT2D eigenvalue weighted by atomic mass is 127. The van der Waals surface area contributed by atoms with Gasteiger partial charge in [0.1, 0.15) is 5.75 Å². The number of halogens is 1. The average molecular weight is 514 g/mol. The molecule has 3 rings (SSSR count). The molecule has 2 aromatic carbocycles. The maximum atomic E-state index is 12.5. The van der Waals surface area contributed by atoms with E-state index in [2.05, 4.69) is 32.6 Å². The summed E-state index contributed by atoms with van der Waals surface area (Å²) in [5, 5.41) is 2.78. The lowest BCUT2D eigenvalue weighted by atomic mass is 9.96. The fourth-order valence-electron chi connectivity index (χ4n) is 3.24. The number of rotatable bonds is 6. The second-order valence-electron chi connectivity index (χ2n) is 6.78. The molecule has 0 aromatic heterocycles. The SMILES string of the molecule is COc1ccc(C(=O)Nc2ccc(S(=O)(=O)NC3CCCCC3)cc2)cc1I. The van der Waals surface area contributed by atoms with Gasteiger partial charge in [-0.05, 0) is 77.9 Å². The molecule has 1 amide bonds. The zero-order valence-corrected chi connectivity index (χ0v) is 18.5. The Labute approximate surface area is 179 Å². The molecule has 150 valence electrons. The van der Waals surface area contributed by atoms with E-state index in [4.69, 9.17) is 4.74 Å². The third-order valence-corrected chi connectivity index (χ3v) is 7.14. The standard InChI is InChI=1S/C20H23IN2O4S/c1-27-19-12-7-14(13-18(19)21)20(24)22-15-8-10-17(11-9-15)28(25,26)23-16-5-3-2-4-6-16/h7-13,16,23H,2-6H2,1H3,(H,22,24). The average Bonchev–Trinajstić information content (AvgIpc) is 2.68. The molecule has 0 atom stereocenters. The van der Waals surface area contributed by atoms with Crippen LogP contribution in [0, 0.1) is 3.57 Å². The molecule has 2 aromatic rings. The topological polar surface area (TPSA) is 84.5 Å². The van der Waals surface area contributed by atoms with Gasteiger partial charge in [0.2, 0.25) is 10.0 Å². The fraction of sp³-hybridized carbons (Fsp3) is 0.350. The second kappa shape index (κ2) is 9.23.